The molecule has 0 rings (SSSR count). The van der Waals surface area contributed by atoms with E-state index < -0.39 is 17.7 Å². The summed E-state index contributed by atoms with van der Waals surface area (Å²) in [6.07, 6.45) is 3.32. The molecule has 0 aromatic rings. The van der Waals surface area contributed by atoms with Gasteiger partial charge in [-0.05, 0) is 6.92 Å². The van der Waals surface area contributed by atoms with Gasteiger partial charge in [-0.3, -0.25) is 14.4 Å². The number of hydrogen-bond acceptors (Lipinski definition) is 6. The Morgan fingerprint density at radius 1 is 1.06 bits per heavy atom. The van der Waals surface area contributed by atoms with Crippen LogP contribution in [0.5, 0.6) is 0 Å². The predicted octanol–water partition coefficient (Wildman–Crippen LogP) is -0.149. The van der Waals surface area contributed by atoms with Gasteiger partial charge in [-0.15, -0.1) is 0 Å². The highest BCUT2D eigenvalue weighted by atomic mass is 16.5. The molecule has 0 fully saturated rings. The monoisotopic (exact) mass is 228 g/mol. The van der Waals surface area contributed by atoms with Crippen molar-refractivity contribution in [2.24, 2.45) is 5.92 Å². The highest BCUT2D eigenvalue weighted by molar-refractivity contribution is 6.04. The zero-order valence-electron chi connectivity index (χ0n) is 8.91. The molecule has 0 aromatic heterocycles. The van der Waals surface area contributed by atoms with Gasteiger partial charge in [-0.2, -0.15) is 0 Å². The van der Waals surface area contributed by atoms with Crippen LogP contribution in [0.2, 0.25) is 0 Å². The Morgan fingerprint density at radius 3 is 1.75 bits per heavy atom. The van der Waals surface area contributed by atoms with E-state index in [1.54, 1.807) is 0 Å². The molecule has 0 aromatic carbocycles. The van der Waals surface area contributed by atoms with E-state index in [2.05, 4.69) is 4.74 Å². The SMILES string of the molecule is CC(=O)C(C=O)C=O.CC(=O)O/C=C/C=O. The van der Waals surface area contributed by atoms with Crippen LogP contribution in [0.3, 0.4) is 0 Å². The first-order chi connectivity index (χ1) is 7.49. The van der Waals surface area contributed by atoms with Crippen molar-refractivity contribution < 1.29 is 28.7 Å². The molecule has 6 heteroatoms. The van der Waals surface area contributed by atoms with Gasteiger partial charge in [0.15, 0.2) is 0 Å². The minimum Gasteiger partial charge on any atom is -0.435 e. The lowest BCUT2D eigenvalue weighted by Crippen LogP contribution is -2.12. The second-order valence-electron chi connectivity index (χ2n) is 2.48. The Balaban J connectivity index is 0. The van der Waals surface area contributed by atoms with E-state index in [1.165, 1.54) is 13.8 Å². The largest absolute Gasteiger partial charge is 0.435 e. The molecule has 88 valence electrons. The van der Waals surface area contributed by atoms with Crippen LogP contribution >= 0.6 is 0 Å². The van der Waals surface area contributed by atoms with Crippen molar-refractivity contribution >= 4 is 30.6 Å². The summed E-state index contributed by atoms with van der Waals surface area (Å²) in [7, 11) is 0. The van der Waals surface area contributed by atoms with E-state index in [0.717, 1.165) is 12.3 Å². The molecule has 0 spiro atoms. The van der Waals surface area contributed by atoms with Crippen molar-refractivity contribution in [2.45, 2.75) is 13.8 Å². The molecule has 6 nitrogen and oxygen atoms in total. The summed E-state index contributed by atoms with van der Waals surface area (Å²) in [5.74, 6) is -1.88. The molecule has 0 saturated carbocycles. The molecule has 0 bridgehead atoms. The minimum absolute atomic E-state index is 0.329. The summed E-state index contributed by atoms with van der Waals surface area (Å²) in [4.78, 5) is 49.0. The van der Waals surface area contributed by atoms with E-state index in [0.29, 0.717) is 18.9 Å². The smallest absolute Gasteiger partial charge is 0.307 e. The van der Waals surface area contributed by atoms with Gasteiger partial charge in [0.2, 0.25) is 0 Å². The Bertz CT molecular complexity index is 284. The fourth-order valence-electron chi connectivity index (χ4n) is 0.391. The number of hydrogen-bond donors (Lipinski definition) is 0. The summed E-state index contributed by atoms with van der Waals surface area (Å²) < 4.78 is 4.23. The van der Waals surface area contributed by atoms with Crippen molar-refractivity contribution in [3.8, 4) is 0 Å². The lowest BCUT2D eigenvalue weighted by Gasteiger charge is -1.88. The second-order valence-corrected chi connectivity index (χ2v) is 2.48. The maximum Gasteiger partial charge on any atom is 0.307 e. The zero-order chi connectivity index (χ0) is 13.0. The number of Topliss-reactive ketones (excluding diaryl/α,β-unsaturated/α-hetero) is 1. The van der Waals surface area contributed by atoms with E-state index in [1.807, 2.05) is 0 Å². The number of allylic oxidation sites excluding steroid dienone is 1. The number of carbonyl (C=O) groups excluding carboxylic acids is 5. The van der Waals surface area contributed by atoms with Crippen molar-refractivity contribution in [1.29, 1.82) is 0 Å². The van der Waals surface area contributed by atoms with Crippen LogP contribution in [-0.4, -0.2) is 30.6 Å². The Morgan fingerprint density at radius 2 is 1.56 bits per heavy atom. The molecule has 0 heterocycles. The number of esters is 1. The Labute approximate surface area is 92.3 Å². The average Bonchev–Trinajstić information content (AvgIpc) is 2.20. The minimum atomic E-state index is -1.05. The fraction of sp³-hybridized carbons (Fsp3) is 0.300. The third-order valence-electron chi connectivity index (χ3n) is 1.15. The van der Waals surface area contributed by atoms with Crippen molar-refractivity contribution in [1.82, 2.24) is 0 Å². The number of ether oxygens (including phenoxy) is 1. The Kier molecular flexibility index (Phi) is 11.2. The number of aldehydes is 3. The first kappa shape index (κ1) is 16.3. The molecule has 0 atom stereocenters. The topological polar surface area (TPSA) is 94.6 Å². The summed E-state index contributed by atoms with van der Waals surface area (Å²) in [6.45, 7) is 2.46. The molecule has 0 N–H and O–H groups in total. The molecule has 0 amide bonds. The van der Waals surface area contributed by atoms with E-state index in [9.17, 15) is 24.0 Å². The summed E-state index contributed by atoms with van der Waals surface area (Å²) in [5, 5.41) is 0. The summed E-state index contributed by atoms with van der Waals surface area (Å²) in [6, 6.07) is 0. The predicted molar refractivity (Wildman–Crippen MR) is 53.3 cm³/mol. The average molecular weight is 228 g/mol. The van der Waals surface area contributed by atoms with Crippen molar-refractivity contribution in [3.63, 3.8) is 0 Å². The quantitative estimate of drug-likeness (QED) is 0.213. The van der Waals surface area contributed by atoms with Gasteiger partial charge in [-0.25, -0.2) is 0 Å². The molecular weight excluding hydrogens is 216 g/mol. The van der Waals surface area contributed by atoms with Crippen LogP contribution in [0.25, 0.3) is 0 Å². The van der Waals surface area contributed by atoms with E-state index in [4.69, 9.17) is 0 Å². The molecule has 16 heavy (non-hydrogen) atoms. The molecule has 0 unspecified atom stereocenters. The zero-order valence-corrected chi connectivity index (χ0v) is 8.91. The first-order valence-electron chi connectivity index (χ1n) is 4.18. The third kappa shape index (κ3) is 11.9. The van der Waals surface area contributed by atoms with Gasteiger partial charge in [0.1, 0.15) is 30.6 Å². The van der Waals surface area contributed by atoms with Crippen LogP contribution in [-0.2, 0) is 28.7 Å². The normalized spacial score (nSPS) is 8.94. The van der Waals surface area contributed by atoms with E-state index >= 15 is 0 Å². The second kappa shape index (κ2) is 11.0. The van der Waals surface area contributed by atoms with Crippen LogP contribution in [0.4, 0.5) is 0 Å². The van der Waals surface area contributed by atoms with Gasteiger partial charge < -0.3 is 14.3 Å². The van der Waals surface area contributed by atoms with Crippen LogP contribution in [0, 0.1) is 5.92 Å². The molecule has 0 aliphatic carbocycles. The lowest BCUT2D eigenvalue weighted by molar-refractivity contribution is -0.135. The van der Waals surface area contributed by atoms with Crippen LogP contribution in [0.1, 0.15) is 13.8 Å². The maximum absolute atomic E-state index is 10.1. The van der Waals surface area contributed by atoms with Gasteiger partial charge in [-0.1, -0.05) is 0 Å². The molecule has 0 saturated heterocycles. The standard InChI is InChI=1S/2C5H6O3/c1-4(8)5(2-6)3-7;1-5(7)8-4-2-3-6/h2-3,5H,1H3;2-4H,1H3/b;4-2+. The van der Waals surface area contributed by atoms with E-state index in [-0.39, 0.29) is 0 Å². The summed E-state index contributed by atoms with van der Waals surface area (Å²) >= 11 is 0. The maximum atomic E-state index is 10.1. The van der Waals surface area contributed by atoms with Gasteiger partial charge >= 0.3 is 5.97 Å². The van der Waals surface area contributed by atoms with Crippen molar-refractivity contribution in [2.75, 3.05) is 0 Å². The molecule has 0 aliphatic rings. The highest BCUT2D eigenvalue weighted by Gasteiger charge is 2.09. The number of carbonyl (C=O) groups is 5. The van der Waals surface area contributed by atoms with Gasteiger partial charge in [0.05, 0.1) is 6.26 Å². The van der Waals surface area contributed by atoms with Crippen LogP contribution in [0.15, 0.2) is 12.3 Å². The third-order valence-corrected chi connectivity index (χ3v) is 1.15. The number of rotatable bonds is 5. The van der Waals surface area contributed by atoms with Crippen LogP contribution < -0.4 is 0 Å². The van der Waals surface area contributed by atoms with Gasteiger partial charge in [0.25, 0.3) is 0 Å². The Hall–Kier alpha value is -2.11. The van der Waals surface area contributed by atoms with Gasteiger partial charge in [0, 0.05) is 13.0 Å². The summed E-state index contributed by atoms with van der Waals surface area (Å²) in [5.41, 5.74) is 0. The first-order valence-corrected chi connectivity index (χ1v) is 4.18. The highest BCUT2D eigenvalue weighted by Crippen LogP contribution is 1.85. The molecule has 0 radical (unpaired) electrons. The lowest BCUT2D eigenvalue weighted by atomic mass is 10.1. The number of ketones is 1. The fourth-order valence-corrected chi connectivity index (χ4v) is 0.391. The molecule has 0 aliphatic heterocycles. The molecular formula is C10H12O6. The van der Waals surface area contributed by atoms with Crippen molar-refractivity contribution in [3.05, 3.63) is 12.3 Å².